The number of amidine groups is 1. The van der Waals surface area contributed by atoms with Gasteiger partial charge < -0.3 is 5.32 Å². The average Bonchev–Trinajstić information content (AvgIpc) is 2.93. The number of anilines is 1. The van der Waals surface area contributed by atoms with Gasteiger partial charge in [0.25, 0.3) is 0 Å². The van der Waals surface area contributed by atoms with E-state index in [1.165, 1.54) is 11.8 Å². The molecule has 0 saturated carbocycles. The molecule has 0 spiro atoms. The Balaban J connectivity index is 1.73. The minimum Gasteiger partial charge on any atom is -0.326 e. The molecule has 5 nitrogen and oxygen atoms in total. The van der Waals surface area contributed by atoms with E-state index in [1.54, 1.807) is 11.0 Å². The number of nitrogens with zero attached hydrogens (tertiary/aromatic N) is 2. The van der Waals surface area contributed by atoms with Gasteiger partial charge >= 0.3 is 0 Å². The summed E-state index contributed by atoms with van der Waals surface area (Å²) in [5, 5.41) is 3.57. The third kappa shape index (κ3) is 4.70. The Kier molecular flexibility index (Phi) is 6.19. The molecule has 0 bridgehead atoms. The molecule has 1 fully saturated rings. The maximum absolute atomic E-state index is 12.7. The van der Waals surface area contributed by atoms with Gasteiger partial charge in [-0.3, -0.25) is 14.5 Å². The summed E-state index contributed by atoms with van der Waals surface area (Å²) in [5.74, 6) is -0.287. The molecule has 0 radical (unpaired) electrons. The number of nitrogens with one attached hydrogen (secondary N) is 1. The molecule has 3 rings (SSSR count). The lowest BCUT2D eigenvalue weighted by atomic mass is 10.2. The second-order valence-corrected chi connectivity index (χ2v) is 7.71. The number of benzene rings is 2. The number of para-hydroxylation sites is 1. The standard InChI is InChI=1S/C20H20ClN3O2S/c1-3-24-19(26)17(12-18(25)22-14-7-5-4-6-8-14)27-20(24)23-15-10-9-13(2)16(21)11-15/h4-11,17H,3,12H2,1-2H3,(H,22,25)/t17-/m1/s1. The maximum Gasteiger partial charge on any atom is 0.242 e. The van der Waals surface area contributed by atoms with E-state index in [0.29, 0.717) is 28.1 Å². The van der Waals surface area contributed by atoms with Gasteiger partial charge in [0.2, 0.25) is 11.8 Å². The van der Waals surface area contributed by atoms with Crippen molar-refractivity contribution in [1.82, 2.24) is 4.90 Å². The molecule has 27 heavy (non-hydrogen) atoms. The highest BCUT2D eigenvalue weighted by Gasteiger charge is 2.38. The molecule has 0 unspecified atom stereocenters. The predicted octanol–water partition coefficient (Wildman–Crippen LogP) is 4.63. The van der Waals surface area contributed by atoms with Crippen molar-refractivity contribution in [3.63, 3.8) is 0 Å². The number of carbonyl (C=O) groups is 2. The fourth-order valence-corrected chi connectivity index (χ4v) is 4.08. The van der Waals surface area contributed by atoms with Crippen LogP contribution in [0, 0.1) is 6.92 Å². The lowest BCUT2D eigenvalue weighted by Crippen LogP contribution is -2.33. The molecule has 2 amide bonds. The van der Waals surface area contributed by atoms with E-state index < -0.39 is 5.25 Å². The Morgan fingerprint density at radius 3 is 2.67 bits per heavy atom. The first-order chi connectivity index (χ1) is 13.0. The van der Waals surface area contributed by atoms with Crippen molar-refractivity contribution >= 4 is 51.7 Å². The van der Waals surface area contributed by atoms with Crippen LogP contribution in [-0.2, 0) is 9.59 Å². The highest BCUT2D eigenvalue weighted by molar-refractivity contribution is 8.15. The summed E-state index contributed by atoms with van der Waals surface area (Å²) in [6.07, 6.45) is 0.0998. The van der Waals surface area contributed by atoms with Gasteiger partial charge in [-0.1, -0.05) is 47.6 Å². The molecule has 1 heterocycles. The molecule has 2 aromatic carbocycles. The molecule has 0 aromatic heterocycles. The van der Waals surface area contributed by atoms with E-state index in [2.05, 4.69) is 10.3 Å². The lowest BCUT2D eigenvalue weighted by molar-refractivity contribution is -0.128. The van der Waals surface area contributed by atoms with Gasteiger partial charge in [-0.2, -0.15) is 0 Å². The molecule has 140 valence electrons. The van der Waals surface area contributed by atoms with Gasteiger partial charge in [-0.15, -0.1) is 0 Å². The van der Waals surface area contributed by atoms with E-state index in [4.69, 9.17) is 11.6 Å². The van der Waals surface area contributed by atoms with Gasteiger partial charge in [0.1, 0.15) is 5.25 Å². The van der Waals surface area contributed by atoms with Crippen LogP contribution in [0.4, 0.5) is 11.4 Å². The van der Waals surface area contributed by atoms with Crippen molar-refractivity contribution in [3.05, 3.63) is 59.1 Å². The van der Waals surface area contributed by atoms with Crippen LogP contribution in [0.25, 0.3) is 0 Å². The summed E-state index contributed by atoms with van der Waals surface area (Å²) >= 11 is 7.48. The molecule has 1 saturated heterocycles. The van der Waals surface area contributed by atoms with Crippen LogP contribution in [-0.4, -0.2) is 33.7 Å². The van der Waals surface area contributed by atoms with Crippen molar-refractivity contribution in [2.24, 2.45) is 4.99 Å². The molecule has 7 heteroatoms. The summed E-state index contributed by atoms with van der Waals surface area (Å²) < 4.78 is 0. The van der Waals surface area contributed by atoms with Crippen molar-refractivity contribution in [1.29, 1.82) is 0 Å². The van der Waals surface area contributed by atoms with Gasteiger partial charge in [-0.05, 0) is 43.7 Å². The molecular weight excluding hydrogens is 382 g/mol. The first-order valence-electron chi connectivity index (χ1n) is 8.65. The number of amides is 2. The molecule has 0 aliphatic carbocycles. The van der Waals surface area contributed by atoms with Crippen LogP contribution in [0.1, 0.15) is 18.9 Å². The largest absolute Gasteiger partial charge is 0.326 e. The Bertz CT molecular complexity index is 886. The first-order valence-corrected chi connectivity index (χ1v) is 9.91. The van der Waals surface area contributed by atoms with Gasteiger partial charge in [0.15, 0.2) is 5.17 Å². The van der Waals surface area contributed by atoms with Crippen LogP contribution in [0.2, 0.25) is 5.02 Å². The monoisotopic (exact) mass is 401 g/mol. The summed E-state index contributed by atoms with van der Waals surface area (Å²) in [7, 11) is 0. The Morgan fingerprint density at radius 2 is 2.00 bits per heavy atom. The quantitative estimate of drug-likeness (QED) is 0.794. The van der Waals surface area contributed by atoms with Gasteiger partial charge in [0.05, 0.1) is 5.69 Å². The maximum atomic E-state index is 12.7. The molecule has 1 aliphatic heterocycles. The topological polar surface area (TPSA) is 61.8 Å². The zero-order chi connectivity index (χ0) is 19.4. The molecule has 1 aliphatic rings. The van der Waals surface area contributed by atoms with Crippen LogP contribution in [0.15, 0.2) is 53.5 Å². The van der Waals surface area contributed by atoms with Crippen molar-refractivity contribution in [2.75, 3.05) is 11.9 Å². The minimum absolute atomic E-state index is 0.0947. The number of hydrogen-bond acceptors (Lipinski definition) is 4. The van der Waals surface area contributed by atoms with Crippen LogP contribution >= 0.6 is 23.4 Å². The minimum atomic E-state index is -0.478. The summed E-state index contributed by atoms with van der Waals surface area (Å²) in [6, 6.07) is 14.7. The summed E-state index contributed by atoms with van der Waals surface area (Å²) in [6.45, 7) is 4.32. The average molecular weight is 402 g/mol. The zero-order valence-electron chi connectivity index (χ0n) is 15.1. The third-order valence-corrected chi connectivity index (χ3v) is 5.73. The van der Waals surface area contributed by atoms with Gasteiger partial charge in [-0.25, -0.2) is 4.99 Å². The predicted molar refractivity (Wildman–Crippen MR) is 112 cm³/mol. The van der Waals surface area contributed by atoms with Gasteiger partial charge in [0, 0.05) is 23.7 Å². The van der Waals surface area contributed by atoms with Crippen molar-refractivity contribution in [3.8, 4) is 0 Å². The SMILES string of the molecule is CCN1C(=O)[C@@H](CC(=O)Nc2ccccc2)SC1=Nc1ccc(C)c(Cl)c1. The van der Waals surface area contributed by atoms with E-state index in [1.807, 2.05) is 56.3 Å². The van der Waals surface area contributed by atoms with E-state index >= 15 is 0 Å². The third-order valence-electron chi connectivity index (χ3n) is 4.14. The Hall–Kier alpha value is -2.31. The second-order valence-electron chi connectivity index (χ2n) is 6.14. The van der Waals surface area contributed by atoms with Crippen LogP contribution < -0.4 is 5.32 Å². The number of rotatable bonds is 5. The highest BCUT2D eigenvalue weighted by Crippen LogP contribution is 2.32. The molecule has 2 aromatic rings. The first kappa shape index (κ1) is 19.5. The fourth-order valence-electron chi connectivity index (χ4n) is 2.68. The molecular formula is C20H20ClN3O2S. The normalized spacial score (nSPS) is 18.2. The van der Waals surface area contributed by atoms with E-state index in [-0.39, 0.29) is 18.2 Å². The van der Waals surface area contributed by atoms with E-state index in [9.17, 15) is 9.59 Å². The van der Waals surface area contributed by atoms with Crippen molar-refractivity contribution < 1.29 is 9.59 Å². The highest BCUT2D eigenvalue weighted by atomic mass is 35.5. The van der Waals surface area contributed by atoms with Crippen LogP contribution in [0.5, 0.6) is 0 Å². The van der Waals surface area contributed by atoms with E-state index in [0.717, 1.165) is 5.56 Å². The zero-order valence-corrected chi connectivity index (χ0v) is 16.7. The number of carbonyl (C=O) groups excluding carboxylic acids is 2. The second kappa shape index (κ2) is 8.59. The molecule has 1 atom stereocenters. The summed E-state index contributed by atoms with van der Waals surface area (Å²) in [4.78, 5) is 31.2. The molecule has 1 N–H and O–H groups in total. The smallest absolute Gasteiger partial charge is 0.242 e. The van der Waals surface area contributed by atoms with Crippen molar-refractivity contribution in [2.45, 2.75) is 25.5 Å². The number of hydrogen-bond donors (Lipinski definition) is 1. The van der Waals surface area contributed by atoms with Crippen LogP contribution in [0.3, 0.4) is 0 Å². The Morgan fingerprint density at radius 1 is 1.26 bits per heavy atom. The fraction of sp³-hybridized carbons (Fsp3) is 0.250. The Labute approximate surface area is 167 Å². The summed E-state index contributed by atoms with van der Waals surface area (Å²) in [5.41, 5.74) is 2.38. The number of aryl methyl sites for hydroxylation is 1. The number of thioether (sulfide) groups is 1. The number of aliphatic imine (C=N–C) groups is 1. The number of halogens is 1. The lowest BCUT2D eigenvalue weighted by Gasteiger charge is -2.13.